The molecule has 0 aliphatic carbocycles. The highest BCUT2D eigenvalue weighted by Crippen LogP contribution is 2.43. The van der Waals surface area contributed by atoms with Crippen molar-refractivity contribution in [3.05, 3.63) is 0 Å². The first-order chi connectivity index (χ1) is 4.95. The number of nitrogens with zero attached hydrogens (tertiary/aromatic N) is 1. The molecule has 10 heavy (non-hydrogen) atoms. The molecule has 0 aromatic rings. The molecule has 0 aromatic carbocycles. The van der Waals surface area contributed by atoms with E-state index < -0.39 is 0 Å². The molecular formula is C5H9NS4. The van der Waals surface area contributed by atoms with Crippen molar-refractivity contribution in [1.82, 2.24) is 3.12 Å². The Labute approximate surface area is 78.8 Å². The Kier molecular flexibility index (Phi) is 3.07. The van der Waals surface area contributed by atoms with Crippen molar-refractivity contribution >= 4 is 47.6 Å². The van der Waals surface area contributed by atoms with E-state index >= 15 is 0 Å². The molecule has 0 atom stereocenters. The second-order valence-electron chi connectivity index (χ2n) is 2.15. The lowest BCUT2D eigenvalue weighted by atomic mass is 10.5. The van der Waals surface area contributed by atoms with Gasteiger partial charge < -0.3 is 0 Å². The second kappa shape index (κ2) is 3.85. The van der Waals surface area contributed by atoms with Crippen LogP contribution in [0.4, 0.5) is 0 Å². The van der Waals surface area contributed by atoms with Gasteiger partial charge in [-0.1, -0.05) is 35.8 Å². The lowest BCUT2D eigenvalue weighted by Gasteiger charge is -2.26. The Hall–Kier alpha value is 1.36. The molecule has 0 bridgehead atoms. The van der Waals surface area contributed by atoms with E-state index in [1.165, 1.54) is 23.0 Å². The first-order valence-electron chi connectivity index (χ1n) is 3.25. The van der Waals surface area contributed by atoms with Crippen LogP contribution >= 0.6 is 47.6 Å². The molecule has 0 spiro atoms. The minimum absolute atomic E-state index is 0.920. The highest BCUT2D eigenvalue weighted by Gasteiger charge is 2.24. The number of rotatable bonds is 2. The normalized spacial score (nSPS) is 28.8. The van der Waals surface area contributed by atoms with Crippen LogP contribution in [0.3, 0.4) is 0 Å². The zero-order valence-corrected chi connectivity index (χ0v) is 8.75. The standard InChI is InChI=1S/C5H9NS4/c1-2-9-6(8-1)10-5-3-7-4-5/h5H,1-4H2. The van der Waals surface area contributed by atoms with Gasteiger partial charge in [-0.3, -0.25) is 0 Å². The van der Waals surface area contributed by atoms with Crippen LogP contribution in [0.2, 0.25) is 0 Å². The Morgan fingerprint density at radius 1 is 1.20 bits per heavy atom. The summed E-state index contributed by atoms with van der Waals surface area (Å²) in [5, 5.41) is 0.920. The van der Waals surface area contributed by atoms with Gasteiger partial charge in [0.2, 0.25) is 0 Å². The monoisotopic (exact) mass is 211 g/mol. The topological polar surface area (TPSA) is 3.24 Å². The van der Waals surface area contributed by atoms with E-state index in [9.17, 15) is 0 Å². The van der Waals surface area contributed by atoms with Crippen LogP contribution in [0.15, 0.2) is 0 Å². The van der Waals surface area contributed by atoms with Gasteiger partial charge in [0.1, 0.15) is 0 Å². The second-order valence-corrected chi connectivity index (χ2v) is 7.23. The van der Waals surface area contributed by atoms with Gasteiger partial charge in [-0.05, 0) is 0 Å². The largest absolute Gasteiger partial charge is 0.160 e. The van der Waals surface area contributed by atoms with Crippen LogP contribution in [0.5, 0.6) is 0 Å². The molecule has 0 aromatic heterocycles. The molecule has 0 amide bonds. The van der Waals surface area contributed by atoms with Gasteiger partial charge in [-0.25, -0.2) is 0 Å². The molecule has 0 radical (unpaired) electrons. The lowest BCUT2D eigenvalue weighted by Crippen LogP contribution is -2.22. The molecule has 2 fully saturated rings. The molecular weight excluding hydrogens is 202 g/mol. The third-order valence-corrected chi connectivity index (χ3v) is 7.06. The van der Waals surface area contributed by atoms with Crippen molar-refractivity contribution in [2.75, 3.05) is 23.0 Å². The Bertz CT molecular complexity index is 110. The molecule has 5 heteroatoms. The Morgan fingerprint density at radius 3 is 2.40 bits per heavy atom. The minimum atomic E-state index is 0.920. The van der Waals surface area contributed by atoms with Crippen LogP contribution in [-0.2, 0) is 0 Å². The summed E-state index contributed by atoms with van der Waals surface area (Å²) < 4.78 is 2.38. The van der Waals surface area contributed by atoms with Gasteiger partial charge in [-0.2, -0.15) is 11.8 Å². The summed E-state index contributed by atoms with van der Waals surface area (Å²) in [7, 11) is 0. The maximum absolute atomic E-state index is 2.38. The number of thioether (sulfide) groups is 1. The first-order valence-corrected chi connectivity index (χ1v) is 7.13. The molecule has 2 aliphatic heterocycles. The van der Waals surface area contributed by atoms with E-state index in [0.717, 1.165) is 5.25 Å². The van der Waals surface area contributed by atoms with E-state index in [4.69, 9.17) is 0 Å². The van der Waals surface area contributed by atoms with Crippen LogP contribution < -0.4 is 0 Å². The van der Waals surface area contributed by atoms with Crippen molar-refractivity contribution in [3.8, 4) is 0 Å². The zero-order chi connectivity index (χ0) is 6.81. The summed E-state index contributed by atoms with van der Waals surface area (Å²) in [6.45, 7) is 0. The van der Waals surface area contributed by atoms with E-state index in [-0.39, 0.29) is 0 Å². The average molecular weight is 211 g/mol. The third-order valence-electron chi connectivity index (χ3n) is 1.32. The van der Waals surface area contributed by atoms with Crippen molar-refractivity contribution < 1.29 is 0 Å². The highest BCUT2D eigenvalue weighted by atomic mass is 32.3. The molecule has 2 aliphatic rings. The maximum Gasteiger partial charge on any atom is 0.0393 e. The molecule has 0 saturated carbocycles. The van der Waals surface area contributed by atoms with E-state index in [1.54, 1.807) is 0 Å². The van der Waals surface area contributed by atoms with Gasteiger partial charge in [0.25, 0.3) is 0 Å². The van der Waals surface area contributed by atoms with Gasteiger partial charge in [0.15, 0.2) is 0 Å². The molecule has 2 saturated heterocycles. The fraction of sp³-hybridized carbons (Fsp3) is 1.00. The van der Waals surface area contributed by atoms with Gasteiger partial charge >= 0.3 is 0 Å². The van der Waals surface area contributed by atoms with E-state index in [0.29, 0.717) is 0 Å². The van der Waals surface area contributed by atoms with Gasteiger partial charge in [0.05, 0.1) is 0 Å². The molecule has 1 nitrogen and oxygen atoms in total. The molecule has 2 rings (SSSR count). The average Bonchev–Trinajstić information content (AvgIpc) is 2.29. The Balaban J connectivity index is 1.68. The van der Waals surface area contributed by atoms with Crippen molar-refractivity contribution in [2.24, 2.45) is 0 Å². The number of hydrogen-bond donors (Lipinski definition) is 0. The van der Waals surface area contributed by atoms with E-state index in [1.807, 2.05) is 35.8 Å². The predicted molar refractivity (Wildman–Crippen MR) is 55.5 cm³/mol. The third kappa shape index (κ3) is 1.94. The Morgan fingerprint density at radius 2 is 1.90 bits per heavy atom. The van der Waals surface area contributed by atoms with Crippen LogP contribution in [0, 0.1) is 0 Å². The van der Waals surface area contributed by atoms with E-state index in [2.05, 4.69) is 14.9 Å². The summed E-state index contributed by atoms with van der Waals surface area (Å²) in [4.78, 5) is 0. The van der Waals surface area contributed by atoms with Gasteiger partial charge in [-0.15, -0.1) is 3.12 Å². The fourth-order valence-electron chi connectivity index (χ4n) is 0.718. The number of hydrogen-bond acceptors (Lipinski definition) is 5. The summed E-state index contributed by atoms with van der Waals surface area (Å²) >= 11 is 8.03. The smallest absolute Gasteiger partial charge is 0.0393 e. The minimum Gasteiger partial charge on any atom is -0.160 e. The molecule has 0 unspecified atom stereocenters. The van der Waals surface area contributed by atoms with Crippen LogP contribution in [0.25, 0.3) is 0 Å². The molecule has 58 valence electrons. The quantitative estimate of drug-likeness (QED) is 0.643. The molecule has 2 heterocycles. The summed E-state index contributed by atoms with van der Waals surface area (Å²) in [5.41, 5.74) is 0. The summed E-state index contributed by atoms with van der Waals surface area (Å²) in [5.74, 6) is 5.33. The maximum atomic E-state index is 2.38. The lowest BCUT2D eigenvalue weighted by molar-refractivity contribution is 1.06. The van der Waals surface area contributed by atoms with Crippen molar-refractivity contribution in [2.45, 2.75) is 5.25 Å². The van der Waals surface area contributed by atoms with Crippen LogP contribution in [0.1, 0.15) is 0 Å². The predicted octanol–water partition coefficient (Wildman–Crippen LogP) is 2.36. The van der Waals surface area contributed by atoms with Gasteiger partial charge in [0, 0.05) is 28.3 Å². The summed E-state index contributed by atoms with van der Waals surface area (Å²) in [6.07, 6.45) is 0. The van der Waals surface area contributed by atoms with Crippen molar-refractivity contribution in [3.63, 3.8) is 0 Å². The zero-order valence-electron chi connectivity index (χ0n) is 5.49. The first kappa shape index (κ1) is 7.98. The fourth-order valence-corrected chi connectivity index (χ4v) is 5.76. The molecule has 0 N–H and O–H groups in total. The van der Waals surface area contributed by atoms with Crippen LogP contribution in [-0.4, -0.2) is 31.4 Å². The SMILES string of the molecule is C1CSN(SC2CSC2)S1. The van der Waals surface area contributed by atoms with Crippen molar-refractivity contribution in [1.29, 1.82) is 0 Å². The highest BCUT2D eigenvalue weighted by molar-refractivity contribution is 8.28. The summed E-state index contributed by atoms with van der Waals surface area (Å²) in [6, 6.07) is 0.